The number of aliphatic hydroxyl groups is 1. The summed E-state index contributed by atoms with van der Waals surface area (Å²) in [5.74, 6) is -0.164. The smallest absolute Gasteiger partial charge is 0.137 e. The van der Waals surface area contributed by atoms with E-state index in [9.17, 15) is 9.50 Å². The third kappa shape index (κ3) is 3.71. The minimum absolute atomic E-state index is 0.0585. The van der Waals surface area contributed by atoms with Gasteiger partial charge in [-0.1, -0.05) is 18.9 Å². The van der Waals surface area contributed by atoms with Crippen molar-refractivity contribution in [3.63, 3.8) is 0 Å². The lowest BCUT2D eigenvalue weighted by Gasteiger charge is -2.31. The van der Waals surface area contributed by atoms with E-state index in [-0.39, 0.29) is 24.0 Å². The van der Waals surface area contributed by atoms with Crippen molar-refractivity contribution in [2.45, 2.75) is 55.7 Å². The summed E-state index contributed by atoms with van der Waals surface area (Å²) in [5.41, 5.74) is 0.938. The maximum Gasteiger partial charge on any atom is 0.137 e. The third-order valence-corrected chi connectivity index (χ3v) is 4.64. The van der Waals surface area contributed by atoms with Gasteiger partial charge in [0, 0.05) is 17.0 Å². The highest BCUT2D eigenvalue weighted by atomic mass is 32.2. The van der Waals surface area contributed by atoms with Crippen molar-refractivity contribution >= 4 is 11.8 Å². The molecule has 1 aliphatic rings. The number of rotatable bonds is 4. The molecule has 2 nitrogen and oxygen atoms in total. The zero-order valence-electron chi connectivity index (χ0n) is 11.5. The Morgan fingerprint density at radius 3 is 2.74 bits per heavy atom. The summed E-state index contributed by atoms with van der Waals surface area (Å²) < 4.78 is 13.8. The van der Waals surface area contributed by atoms with E-state index >= 15 is 0 Å². The van der Waals surface area contributed by atoms with Crippen molar-refractivity contribution in [3.8, 4) is 0 Å². The molecule has 0 amide bonds. The van der Waals surface area contributed by atoms with Crippen LogP contribution in [0.15, 0.2) is 23.1 Å². The summed E-state index contributed by atoms with van der Waals surface area (Å²) in [6.45, 7) is 2.02. The highest BCUT2D eigenvalue weighted by molar-refractivity contribution is 7.98. The molecule has 3 atom stereocenters. The first-order valence-corrected chi connectivity index (χ1v) is 8.12. The maximum atomic E-state index is 13.8. The molecule has 3 unspecified atom stereocenters. The van der Waals surface area contributed by atoms with Crippen LogP contribution in [0.3, 0.4) is 0 Å². The standard InChI is InChI=1S/C15H22FNOS/c1-10(17-13-5-3-4-6-14(13)18)11-7-8-15(19-2)12(16)9-11/h7-10,13-14,17-18H,3-6H2,1-2H3. The number of hydrogen-bond donors (Lipinski definition) is 2. The van der Waals surface area contributed by atoms with Crippen LogP contribution in [0.4, 0.5) is 4.39 Å². The van der Waals surface area contributed by atoms with Crippen molar-refractivity contribution in [1.29, 1.82) is 0 Å². The molecular weight excluding hydrogens is 261 g/mol. The van der Waals surface area contributed by atoms with Crippen LogP contribution in [0, 0.1) is 5.82 Å². The molecule has 0 saturated heterocycles. The number of halogens is 1. The fourth-order valence-corrected chi connectivity index (χ4v) is 3.13. The zero-order valence-corrected chi connectivity index (χ0v) is 12.3. The van der Waals surface area contributed by atoms with Gasteiger partial charge in [0.15, 0.2) is 0 Å². The van der Waals surface area contributed by atoms with E-state index in [0.29, 0.717) is 4.90 Å². The van der Waals surface area contributed by atoms with Gasteiger partial charge >= 0.3 is 0 Å². The lowest BCUT2D eigenvalue weighted by molar-refractivity contribution is 0.0859. The average molecular weight is 283 g/mol. The van der Waals surface area contributed by atoms with Crippen LogP contribution >= 0.6 is 11.8 Å². The molecule has 2 rings (SSSR count). The molecule has 1 saturated carbocycles. The molecule has 0 aromatic heterocycles. The Bertz CT molecular complexity index is 427. The van der Waals surface area contributed by atoms with Crippen molar-refractivity contribution in [2.24, 2.45) is 0 Å². The topological polar surface area (TPSA) is 32.3 Å². The Morgan fingerprint density at radius 1 is 1.37 bits per heavy atom. The van der Waals surface area contributed by atoms with E-state index in [1.165, 1.54) is 11.8 Å². The Morgan fingerprint density at radius 2 is 2.11 bits per heavy atom. The van der Waals surface area contributed by atoms with Crippen molar-refractivity contribution in [3.05, 3.63) is 29.6 Å². The molecule has 106 valence electrons. The number of aliphatic hydroxyl groups excluding tert-OH is 1. The third-order valence-electron chi connectivity index (χ3n) is 3.87. The van der Waals surface area contributed by atoms with E-state index in [4.69, 9.17) is 0 Å². The average Bonchev–Trinajstić information content (AvgIpc) is 2.41. The van der Waals surface area contributed by atoms with E-state index in [2.05, 4.69) is 5.32 Å². The van der Waals surface area contributed by atoms with Gasteiger partial charge in [-0.2, -0.15) is 0 Å². The van der Waals surface area contributed by atoms with E-state index in [0.717, 1.165) is 31.2 Å². The summed E-state index contributed by atoms with van der Waals surface area (Å²) in [6.07, 6.45) is 5.72. The first kappa shape index (κ1) is 14.8. The molecule has 0 bridgehead atoms. The Balaban J connectivity index is 2.02. The number of thioether (sulfide) groups is 1. The maximum absolute atomic E-state index is 13.8. The molecule has 1 aliphatic carbocycles. The van der Waals surface area contributed by atoms with E-state index in [1.807, 2.05) is 25.3 Å². The van der Waals surface area contributed by atoms with Gasteiger partial charge in [0.05, 0.1) is 6.10 Å². The summed E-state index contributed by atoms with van der Waals surface area (Å²) in [4.78, 5) is 0.675. The summed E-state index contributed by atoms with van der Waals surface area (Å²) >= 11 is 1.42. The lowest BCUT2D eigenvalue weighted by atomic mass is 9.91. The molecule has 1 fully saturated rings. The SMILES string of the molecule is CSc1ccc(C(C)NC2CCCCC2O)cc1F. The van der Waals surface area contributed by atoms with Crippen molar-refractivity contribution < 1.29 is 9.50 Å². The van der Waals surface area contributed by atoms with Crippen LogP contribution in [0.1, 0.15) is 44.2 Å². The van der Waals surface area contributed by atoms with Gasteiger partial charge in [-0.05, 0) is 43.7 Å². The quantitative estimate of drug-likeness (QED) is 0.830. The minimum Gasteiger partial charge on any atom is -0.392 e. The number of benzene rings is 1. The molecule has 19 heavy (non-hydrogen) atoms. The summed E-state index contributed by atoms with van der Waals surface area (Å²) in [7, 11) is 0. The van der Waals surface area contributed by atoms with Crippen molar-refractivity contribution in [2.75, 3.05) is 6.26 Å². The molecule has 1 aromatic carbocycles. The monoisotopic (exact) mass is 283 g/mol. The van der Waals surface area contributed by atoms with Gasteiger partial charge < -0.3 is 10.4 Å². The fraction of sp³-hybridized carbons (Fsp3) is 0.600. The second-order valence-corrected chi connectivity index (χ2v) is 6.09. The Kier molecular flexibility index (Phi) is 5.25. The summed E-state index contributed by atoms with van der Waals surface area (Å²) in [6, 6.07) is 5.57. The first-order chi connectivity index (χ1) is 9.11. The molecule has 1 aromatic rings. The normalized spacial score (nSPS) is 25.3. The lowest BCUT2D eigenvalue weighted by Crippen LogP contribution is -2.43. The van der Waals surface area contributed by atoms with E-state index in [1.54, 1.807) is 6.07 Å². The second-order valence-electron chi connectivity index (χ2n) is 5.24. The van der Waals surface area contributed by atoms with Gasteiger partial charge in [0.2, 0.25) is 0 Å². The number of nitrogens with one attached hydrogen (secondary N) is 1. The molecule has 4 heteroatoms. The summed E-state index contributed by atoms with van der Waals surface area (Å²) in [5, 5.41) is 13.4. The van der Waals surface area contributed by atoms with Gasteiger partial charge in [-0.3, -0.25) is 0 Å². The zero-order chi connectivity index (χ0) is 13.8. The molecule has 0 heterocycles. The minimum atomic E-state index is -0.272. The van der Waals surface area contributed by atoms with Crippen LogP contribution in [-0.2, 0) is 0 Å². The van der Waals surface area contributed by atoms with Crippen LogP contribution in [0.25, 0.3) is 0 Å². The van der Waals surface area contributed by atoms with Crippen molar-refractivity contribution in [1.82, 2.24) is 5.32 Å². The predicted molar refractivity (Wildman–Crippen MR) is 78.0 cm³/mol. The van der Waals surface area contributed by atoms with E-state index < -0.39 is 0 Å². The van der Waals surface area contributed by atoms with Crippen LogP contribution < -0.4 is 5.32 Å². The van der Waals surface area contributed by atoms with Gasteiger partial charge in [-0.15, -0.1) is 11.8 Å². The van der Waals surface area contributed by atoms with Gasteiger partial charge in [0.25, 0.3) is 0 Å². The highest BCUT2D eigenvalue weighted by Crippen LogP contribution is 2.25. The first-order valence-electron chi connectivity index (χ1n) is 6.89. The van der Waals surface area contributed by atoms with Crippen LogP contribution in [0.2, 0.25) is 0 Å². The Labute approximate surface area is 118 Å². The highest BCUT2D eigenvalue weighted by Gasteiger charge is 2.24. The van der Waals surface area contributed by atoms with Crippen LogP contribution in [0.5, 0.6) is 0 Å². The molecule has 0 spiro atoms. The predicted octanol–water partition coefficient (Wildman–Crippen LogP) is 3.50. The molecular formula is C15H22FNOS. The second kappa shape index (κ2) is 6.73. The number of hydrogen-bond acceptors (Lipinski definition) is 3. The fourth-order valence-electron chi connectivity index (χ4n) is 2.68. The molecule has 2 N–H and O–H groups in total. The largest absolute Gasteiger partial charge is 0.392 e. The molecule has 0 aliphatic heterocycles. The molecule has 0 radical (unpaired) electrons. The van der Waals surface area contributed by atoms with Gasteiger partial charge in [0.1, 0.15) is 5.82 Å². The van der Waals surface area contributed by atoms with Crippen LogP contribution in [-0.4, -0.2) is 23.5 Å². The Hall–Kier alpha value is -0.580. The van der Waals surface area contributed by atoms with Gasteiger partial charge in [-0.25, -0.2) is 4.39 Å².